The van der Waals surface area contributed by atoms with Crippen molar-refractivity contribution in [2.75, 3.05) is 18.4 Å². The molecule has 2 fully saturated rings. The van der Waals surface area contributed by atoms with Crippen molar-refractivity contribution in [1.29, 1.82) is 0 Å². The summed E-state index contributed by atoms with van der Waals surface area (Å²) in [4.78, 5) is 40.4. The number of cyclic esters (lactones) is 1. The number of aromatic nitrogens is 3. The van der Waals surface area contributed by atoms with Crippen molar-refractivity contribution < 1.29 is 23.5 Å². The number of esters is 1. The smallest absolute Gasteiger partial charge is 0.340 e. The van der Waals surface area contributed by atoms with E-state index in [0.717, 1.165) is 10.9 Å². The van der Waals surface area contributed by atoms with Crippen LogP contribution in [0.5, 0.6) is 5.88 Å². The number of carbonyl (C=O) groups is 2. The van der Waals surface area contributed by atoms with Crippen LogP contribution in [0.1, 0.15) is 75.0 Å². The van der Waals surface area contributed by atoms with E-state index >= 15 is 0 Å². The molecule has 3 N–H and O–H groups in total. The van der Waals surface area contributed by atoms with Gasteiger partial charge in [0.1, 0.15) is 29.5 Å². The van der Waals surface area contributed by atoms with Gasteiger partial charge in [-0.25, -0.2) is 24.1 Å². The summed E-state index contributed by atoms with van der Waals surface area (Å²) < 4.78 is 24.9. The third-order valence-corrected chi connectivity index (χ3v) is 8.51. The van der Waals surface area contributed by atoms with Gasteiger partial charge in [-0.15, -0.1) is 0 Å². The van der Waals surface area contributed by atoms with Crippen molar-refractivity contribution in [3.05, 3.63) is 47.4 Å². The van der Waals surface area contributed by atoms with Crippen LogP contribution in [0.25, 0.3) is 10.8 Å². The molecule has 5 heterocycles. The van der Waals surface area contributed by atoms with E-state index < -0.39 is 17.3 Å². The van der Waals surface area contributed by atoms with Crippen LogP contribution in [0.4, 0.5) is 16.0 Å². The Morgan fingerprint density at radius 3 is 2.59 bits per heavy atom. The standard InChI is InChI=1S/C30H35FN6O4/c1-15-25-19(28(39)41-30(15,4)5)6-7-23(36-25)35-24-10-20-21(11-33-24)26(34-12-22(20)29(2,3)32)40-18-8-16(9-18)27(38)37-13-17(31)14-37/h6-7,10-12,15-18H,8-9,13-14,32H2,1-5H3,(H,33,35,36)/t15-,16-,18+/m1/s1. The molecule has 0 bridgehead atoms. The largest absolute Gasteiger partial charge is 0.474 e. The van der Waals surface area contributed by atoms with Crippen LogP contribution in [0.3, 0.4) is 0 Å². The van der Waals surface area contributed by atoms with E-state index in [2.05, 4.69) is 15.3 Å². The highest BCUT2D eigenvalue weighted by atomic mass is 19.1. The normalized spacial score (nSPS) is 23.7. The molecule has 1 saturated carbocycles. The highest BCUT2D eigenvalue weighted by molar-refractivity contribution is 5.93. The van der Waals surface area contributed by atoms with Gasteiger partial charge in [-0.3, -0.25) is 4.79 Å². The summed E-state index contributed by atoms with van der Waals surface area (Å²) in [7, 11) is 0. The minimum absolute atomic E-state index is 0.000171. The number of rotatable bonds is 6. The molecular weight excluding hydrogens is 527 g/mol. The van der Waals surface area contributed by atoms with Crippen molar-refractivity contribution >= 4 is 34.3 Å². The topological polar surface area (TPSA) is 133 Å². The molecule has 1 saturated heterocycles. The predicted octanol–water partition coefficient (Wildman–Crippen LogP) is 4.35. The highest BCUT2D eigenvalue weighted by Gasteiger charge is 2.42. The minimum atomic E-state index is -0.906. The van der Waals surface area contributed by atoms with Gasteiger partial charge in [-0.1, -0.05) is 6.92 Å². The molecule has 2 aliphatic heterocycles. The average Bonchev–Trinajstić information content (AvgIpc) is 2.85. The zero-order valence-corrected chi connectivity index (χ0v) is 23.9. The second kappa shape index (κ2) is 9.61. The summed E-state index contributed by atoms with van der Waals surface area (Å²) in [6, 6.07) is 5.34. The number of hydrogen-bond acceptors (Lipinski definition) is 9. The lowest BCUT2D eigenvalue weighted by molar-refractivity contribution is -0.148. The Morgan fingerprint density at radius 1 is 1.17 bits per heavy atom. The number of anilines is 2. The Hall–Kier alpha value is -3.86. The molecular formula is C30H35FN6O4. The first-order valence-electron chi connectivity index (χ1n) is 14.0. The highest BCUT2D eigenvalue weighted by Crippen LogP contribution is 2.39. The number of nitrogens with one attached hydrogen (secondary N) is 1. The first-order valence-corrected chi connectivity index (χ1v) is 14.0. The first kappa shape index (κ1) is 27.3. The van der Waals surface area contributed by atoms with E-state index in [1.54, 1.807) is 29.4 Å². The molecule has 1 aliphatic carbocycles. The Labute approximate surface area is 237 Å². The zero-order chi connectivity index (χ0) is 29.3. The number of nitrogens with zero attached hydrogens (tertiary/aromatic N) is 4. The molecule has 1 amide bonds. The van der Waals surface area contributed by atoms with Gasteiger partial charge < -0.3 is 25.4 Å². The Kier molecular flexibility index (Phi) is 6.40. The van der Waals surface area contributed by atoms with Crippen LogP contribution in [0, 0.1) is 5.92 Å². The fourth-order valence-electron chi connectivity index (χ4n) is 5.56. The molecule has 216 valence electrons. The molecule has 0 aromatic carbocycles. The van der Waals surface area contributed by atoms with E-state index in [-0.39, 0.29) is 42.9 Å². The third-order valence-electron chi connectivity index (χ3n) is 8.51. The number of pyridine rings is 3. The summed E-state index contributed by atoms with van der Waals surface area (Å²) >= 11 is 0. The van der Waals surface area contributed by atoms with Gasteiger partial charge in [0.05, 0.1) is 29.7 Å². The number of ether oxygens (including phenoxy) is 2. The molecule has 0 unspecified atom stereocenters. The maximum atomic E-state index is 13.2. The van der Waals surface area contributed by atoms with Gasteiger partial charge in [-0.05, 0) is 69.7 Å². The number of halogens is 1. The fraction of sp³-hybridized carbons (Fsp3) is 0.500. The van der Waals surface area contributed by atoms with Crippen molar-refractivity contribution in [3.8, 4) is 5.88 Å². The fourth-order valence-corrected chi connectivity index (χ4v) is 5.56. The predicted molar refractivity (Wildman–Crippen MR) is 151 cm³/mol. The van der Waals surface area contributed by atoms with E-state index in [1.807, 2.05) is 40.7 Å². The second-order valence-electron chi connectivity index (χ2n) is 12.5. The molecule has 0 radical (unpaired) electrons. The number of fused-ring (bicyclic) bond motifs is 2. The van der Waals surface area contributed by atoms with Gasteiger partial charge in [0.25, 0.3) is 0 Å². The summed E-state index contributed by atoms with van der Waals surface area (Å²) in [6.45, 7) is 9.94. The van der Waals surface area contributed by atoms with Gasteiger partial charge in [-0.2, -0.15) is 0 Å². The lowest BCUT2D eigenvalue weighted by Gasteiger charge is -2.41. The van der Waals surface area contributed by atoms with Crippen molar-refractivity contribution in [3.63, 3.8) is 0 Å². The molecule has 3 aliphatic rings. The maximum Gasteiger partial charge on any atom is 0.340 e. The Bertz CT molecular complexity index is 1540. The molecule has 41 heavy (non-hydrogen) atoms. The SMILES string of the molecule is C[C@@H]1c2nc(Nc3cc4c(C(C)(C)N)cnc(O[C@H]5C[C@@H](C(=O)N6CC(F)C6)C5)c4cn3)ccc2C(=O)OC1(C)C. The molecule has 3 aromatic rings. The lowest BCUT2D eigenvalue weighted by atomic mass is 9.80. The number of nitrogens with two attached hydrogens (primary N) is 1. The minimum Gasteiger partial charge on any atom is -0.474 e. The van der Waals surface area contributed by atoms with Gasteiger partial charge in [0.2, 0.25) is 11.8 Å². The zero-order valence-electron chi connectivity index (χ0n) is 23.9. The van der Waals surface area contributed by atoms with Crippen LogP contribution in [-0.4, -0.2) is 62.7 Å². The van der Waals surface area contributed by atoms with Gasteiger partial charge in [0, 0.05) is 29.8 Å². The number of amides is 1. The van der Waals surface area contributed by atoms with Gasteiger partial charge in [0.15, 0.2) is 0 Å². The number of hydrogen-bond donors (Lipinski definition) is 2. The van der Waals surface area contributed by atoms with Gasteiger partial charge >= 0.3 is 5.97 Å². The van der Waals surface area contributed by atoms with Crippen LogP contribution >= 0.6 is 0 Å². The third kappa shape index (κ3) is 4.96. The number of alkyl halides is 1. The van der Waals surface area contributed by atoms with Crippen molar-refractivity contribution in [2.45, 2.75) is 76.8 Å². The summed E-state index contributed by atoms with van der Waals surface area (Å²) in [6.07, 6.45) is 3.49. The summed E-state index contributed by atoms with van der Waals surface area (Å²) in [5.74, 6) is 0.916. The molecule has 1 atom stereocenters. The van der Waals surface area contributed by atoms with Crippen LogP contribution in [0.15, 0.2) is 30.6 Å². The Balaban J connectivity index is 1.25. The van der Waals surface area contributed by atoms with E-state index in [1.165, 1.54) is 0 Å². The molecule has 10 nitrogen and oxygen atoms in total. The summed E-state index contributed by atoms with van der Waals surface area (Å²) in [5.41, 5.74) is 7.12. The molecule has 0 spiro atoms. The van der Waals surface area contributed by atoms with E-state index in [4.69, 9.17) is 20.2 Å². The first-order chi connectivity index (χ1) is 19.3. The van der Waals surface area contributed by atoms with E-state index in [9.17, 15) is 14.0 Å². The monoisotopic (exact) mass is 562 g/mol. The molecule has 6 rings (SSSR count). The lowest BCUT2D eigenvalue weighted by Crippen LogP contribution is -2.56. The Morgan fingerprint density at radius 2 is 1.90 bits per heavy atom. The van der Waals surface area contributed by atoms with Crippen molar-refractivity contribution in [2.24, 2.45) is 11.7 Å². The van der Waals surface area contributed by atoms with Crippen LogP contribution in [-0.2, 0) is 15.1 Å². The molecule has 11 heteroatoms. The maximum absolute atomic E-state index is 13.2. The number of likely N-dealkylation sites (tertiary alicyclic amines) is 1. The molecule has 3 aromatic heterocycles. The van der Waals surface area contributed by atoms with Crippen molar-refractivity contribution in [1.82, 2.24) is 19.9 Å². The number of carbonyl (C=O) groups excluding carboxylic acids is 2. The second-order valence-corrected chi connectivity index (χ2v) is 12.5. The van der Waals surface area contributed by atoms with Crippen LogP contribution in [0.2, 0.25) is 0 Å². The van der Waals surface area contributed by atoms with Crippen LogP contribution < -0.4 is 15.8 Å². The average molecular weight is 563 g/mol. The van der Waals surface area contributed by atoms with E-state index in [0.29, 0.717) is 47.0 Å². The quantitative estimate of drug-likeness (QED) is 0.421. The summed E-state index contributed by atoms with van der Waals surface area (Å²) in [5, 5.41) is 4.81.